The monoisotopic (exact) mass is 366 g/mol. The second-order valence-corrected chi connectivity index (χ2v) is 6.66. The number of nitrogens with one attached hydrogen (secondary N) is 1. The number of anilines is 1. The van der Waals surface area contributed by atoms with E-state index in [9.17, 15) is 14.4 Å². The van der Waals surface area contributed by atoms with Crippen molar-refractivity contribution in [3.63, 3.8) is 0 Å². The Morgan fingerprint density at radius 2 is 1.74 bits per heavy atom. The lowest BCUT2D eigenvalue weighted by Crippen LogP contribution is -2.45. The van der Waals surface area contributed by atoms with Crippen LogP contribution < -0.4 is 10.2 Å². The molecule has 2 aromatic rings. The number of benzene rings is 2. The molecule has 0 fully saturated rings. The molecule has 0 radical (unpaired) electrons. The van der Waals surface area contributed by atoms with Crippen molar-refractivity contribution in [3.8, 4) is 0 Å². The Morgan fingerprint density at radius 1 is 1.07 bits per heavy atom. The molecule has 1 aliphatic rings. The molecule has 0 aliphatic carbocycles. The third-order valence-electron chi connectivity index (χ3n) is 4.96. The van der Waals surface area contributed by atoms with Gasteiger partial charge in [-0.05, 0) is 23.6 Å². The van der Waals surface area contributed by atoms with Crippen molar-refractivity contribution in [2.24, 2.45) is 0 Å². The van der Waals surface area contributed by atoms with E-state index in [-0.39, 0.29) is 24.8 Å². The number of amides is 2. The summed E-state index contributed by atoms with van der Waals surface area (Å²) >= 11 is 0. The van der Waals surface area contributed by atoms with Crippen molar-refractivity contribution in [3.05, 3.63) is 65.7 Å². The molecule has 140 valence electrons. The van der Waals surface area contributed by atoms with Crippen molar-refractivity contribution < 1.29 is 19.1 Å². The maximum Gasteiger partial charge on any atom is 0.325 e. The molecule has 0 spiro atoms. The average molecular weight is 366 g/mol. The van der Waals surface area contributed by atoms with Crippen molar-refractivity contribution in [2.45, 2.75) is 18.3 Å². The van der Waals surface area contributed by atoms with Crippen molar-refractivity contribution in [1.82, 2.24) is 5.32 Å². The third-order valence-corrected chi connectivity index (χ3v) is 4.96. The van der Waals surface area contributed by atoms with Crippen LogP contribution in [0.1, 0.15) is 17.5 Å². The molecule has 0 saturated carbocycles. The predicted octanol–water partition coefficient (Wildman–Crippen LogP) is 1.82. The number of fused-ring (bicyclic) bond motifs is 1. The van der Waals surface area contributed by atoms with E-state index in [0.717, 1.165) is 16.8 Å². The van der Waals surface area contributed by atoms with Crippen LogP contribution in [0.25, 0.3) is 0 Å². The standard InChI is InChI=1S/C21H22N2O4/c1-23-17-11-7-6-10-16(17)21(20(23)26,12-15-8-4-3-5-9-15)13-18(24)22-14-19(25)27-2/h3-11H,12-14H2,1-2H3,(H,22,24)/t21-/m1/s1. The van der Waals surface area contributed by atoms with Gasteiger partial charge in [0.15, 0.2) is 0 Å². The van der Waals surface area contributed by atoms with Crippen LogP contribution in [0, 0.1) is 0 Å². The maximum absolute atomic E-state index is 13.3. The van der Waals surface area contributed by atoms with Gasteiger partial charge in [0.2, 0.25) is 11.8 Å². The fourth-order valence-electron chi connectivity index (χ4n) is 3.64. The fraction of sp³-hybridized carbons (Fsp3) is 0.286. The SMILES string of the molecule is COC(=O)CNC(=O)C[C@@]1(Cc2ccccc2)C(=O)N(C)c2ccccc21. The zero-order valence-electron chi connectivity index (χ0n) is 15.4. The zero-order valence-corrected chi connectivity index (χ0v) is 15.4. The second-order valence-electron chi connectivity index (χ2n) is 6.66. The highest BCUT2D eigenvalue weighted by Gasteiger charge is 2.50. The van der Waals surface area contributed by atoms with Crippen LogP contribution in [0.5, 0.6) is 0 Å². The summed E-state index contributed by atoms with van der Waals surface area (Å²) in [6.07, 6.45) is 0.360. The first-order chi connectivity index (χ1) is 13.0. The number of para-hydroxylation sites is 1. The number of nitrogens with zero attached hydrogens (tertiary/aromatic N) is 1. The van der Waals surface area contributed by atoms with Crippen molar-refractivity contribution >= 4 is 23.5 Å². The molecule has 1 aliphatic heterocycles. The number of hydrogen-bond acceptors (Lipinski definition) is 4. The molecule has 3 rings (SSSR count). The number of ether oxygens (including phenoxy) is 1. The van der Waals surface area contributed by atoms with E-state index in [1.807, 2.05) is 54.6 Å². The van der Waals surface area contributed by atoms with Gasteiger partial charge < -0.3 is 15.0 Å². The van der Waals surface area contributed by atoms with E-state index in [2.05, 4.69) is 10.1 Å². The van der Waals surface area contributed by atoms with Gasteiger partial charge in [0, 0.05) is 19.2 Å². The second kappa shape index (κ2) is 7.61. The topological polar surface area (TPSA) is 75.7 Å². The highest BCUT2D eigenvalue weighted by Crippen LogP contribution is 2.45. The molecule has 0 bridgehead atoms. The van der Waals surface area contributed by atoms with E-state index in [1.165, 1.54) is 7.11 Å². The van der Waals surface area contributed by atoms with Crippen LogP contribution in [-0.2, 0) is 31.0 Å². The molecular weight excluding hydrogens is 344 g/mol. The van der Waals surface area contributed by atoms with Crippen LogP contribution in [0.2, 0.25) is 0 Å². The highest BCUT2D eigenvalue weighted by atomic mass is 16.5. The quantitative estimate of drug-likeness (QED) is 0.792. The van der Waals surface area contributed by atoms with Crippen LogP contribution >= 0.6 is 0 Å². The minimum atomic E-state index is -1.01. The summed E-state index contributed by atoms with van der Waals surface area (Å²) in [4.78, 5) is 38.8. The van der Waals surface area contributed by atoms with Gasteiger partial charge in [0.05, 0.1) is 12.5 Å². The van der Waals surface area contributed by atoms with Crippen LogP contribution in [0.4, 0.5) is 5.69 Å². The molecule has 6 heteroatoms. The van der Waals surface area contributed by atoms with E-state index < -0.39 is 11.4 Å². The van der Waals surface area contributed by atoms with Crippen LogP contribution in [-0.4, -0.2) is 38.5 Å². The normalized spacial score (nSPS) is 18.1. The molecule has 1 N–H and O–H groups in total. The Kier molecular flexibility index (Phi) is 5.26. The Balaban J connectivity index is 1.97. The van der Waals surface area contributed by atoms with Crippen molar-refractivity contribution in [1.29, 1.82) is 0 Å². The van der Waals surface area contributed by atoms with Gasteiger partial charge >= 0.3 is 5.97 Å². The molecule has 0 saturated heterocycles. The Morgan fingerprint density at radius 3 is 2.44 bits per heavy atom. The molecule has 2 amide bonds. The number of methoxy groups -OCH3 is 1. The van der Waals surface area contributed by atoms with Gasteiger partial charge in [-0.1, -0.05) is 48.5 Å². The minimum Gasteiger partial charge on any atom is -0.468 e. The molecule has 0 unspecified atom stereocenters. The van der Waals surface area contributed by atoms with Gasteiger partial charge in [-0.3, -0.25) is 14.4 Å². The first kappa shape index (κ1) is 18.6. The number of rotatable bonds is 6. The lowest BCUT2D eigenvalue weighted by molar-refractivity contribution is -0.141. The Hall–Kier alpha value is -3.15. The molecule has 1 atom stereocenters. The van der Waals surface area contributed by atoms with Crippen molar-refractivity contribution in [2.75, 3.05) is 25.6 Å². The molecule has 1 heterocycles. The Bertz CT molecular complexity index is 865. The zero-order chi connectivity index (χ0) is 19.4. The van der Waals surface area contributed by atoms with Crippen LogP contribution in [0.3, 0.4) is 0 Å². The lowest BCUT2D eigenvalue weighted by atomic mass is 9.73. The highest BCUT2D eigenvalue weighted by molar-refractivity contribution is 6.10. The summed E-state index contributed by atoms with van der Waals surface area (Å²) in [5, 5.41) is 2.55. The number of carbonyl (C=O) groups excluding carboxylic acids is 3. The summed E-state index contributed by atoms with van der Waals surface area (Å²) in [6, 6.07) is 17.2. The Labute approximate surface area is 158 Å². The number of hydrogen-bond donors (Lipinski definition) is 1. The van der Waals surface area contributed by atoms with E-state index in [0.29, 0.717) is 6.42 Å². The number of esters is 1. The molecule has 27 heavy (non-hydrogen) atoms. The van der Waals surface area contributed by atoms with Gasteiger partial charge in [-0.25, -0.2) is 0 Å². The largest absolute Gasteiger partial charge is 0.468 e. The number of likely N-dealkylation sites (N-methyl/N-ethyl adjacent to an activating group) is 1. The minimum absolute atomic E-state index is 0.0426. The summed E-state index contributed by atoms with van der Waals surface area (Å²) in [6.45, 7) is -0.220. The van der Waals surface area contributed by atoms with Crippen LogP contribution in [0.15, 0.2) is 54.6 Å². The van der Waals surface area contributed by atoms with Gasteiger partial charge in [0.1, 0.15) is 6.54 Å². The molecular formula is C21H22N2O4. The van der Waals surface area contributed by atoms with Gasteiger partial charge in [-0.15, -0.1) is 0 Å². The first-order valence-electron chi connectivity index (χ1n) is 8.73. The average Bonchev–Trinajstić information content (AvgIpc) is 2.89. The number of carbonyl (C=O) groups is 3. The lowest BCUT2D eigenvalue weighted by Gasteiger charge is -2.28. The smallest absolute Gasteiger partial charge is 0.325 e. The van der Waals surface area contributed by atoms with E-state index in [4.69, 9.17) is 0 Å². The van der Waals surface area contributed by atoms with Gasteiger partial charge in [-0.2, -0.15) is 0 Å². The van der Waals surface area contributed by atoms with Gasteiger partial charge in [0.25, 0.3) is 0 Å². The predicted molar refractivity (Wildman–Crippen MR) is 101 cm³/mol. The molecule has 0 aromatic heterocycles. The molecule has 2 aromatic carbocycles. The van der Waals surface area contributed by atoms with E-state index in [1.54, 1.807) is 11.9 Å². The fourth-order valence-corrected chi connectivity index (χ4v) is 3.64. The summed E-state index contributed by atoms with van der Waals surface area (Å²) < 4.78 is 4.56. The summed E-state index contributed by atoms with van der Waals surface area (Å²) in [5.41, 5.74) is 1.60. The third kappa shape index (κ3) is 3.56. The maximum atomic E-state index is 13.3. The molecule has 6 nitrogen and oxygen atoms in total. The van der Waals surface area contributed by atoms with E-state index >= 15 is 0 Å². The summed E-state index contributed by atoms with van der Waals surface area (Å²) in [7, 11) is 2.98. The summed E-state index contributed by atoms with van der Waals surface area (Å²) in [5.74, 6) is -1.02. The first-order valence-corrected chi connectivity index (χ1v) is 8.73.